The van der Waals surface area contributed by atoms with Crippen LogP contribution < -0.4 is 11.1 Å². The highest BCUT2D eigenvalue weighted by molar-refractivity contribution is 7.09. The zero-order valence-electron chi connectivity index (χ0n) is 11.7. The molecule has 0 amide bonds. The van der Waals surface area contributed by atoms with Crippen molar-refractivity contribution < 1.29 is 0 Å². The number of aryl methyl sites for hydroxylation is 1. The molecule has 1 saturated carbocycles. The van der Waals surface area contributed by atoms with Gasteiger partial charge in [0.2, 0.25) is 0 Å². The van der Waals surface area contributed by atoms with Crippen LogP contribution in [0.2, 0.25) is 0 Å². The van der Waals surface area contributed by atoms with Crippen LogP contribution in [0.3, 0.4) is 0 Å². The Hall–Kier alpha value is -0.450. The molecule has 1 aliphatic carbocycles. The maximum Gasteiger partial charge on any atom is 0.110 e. The molecular formula is C14H25N3S. The number of hydrogen-bond donors (Lipinski definition) is 2. The molecule has 3 unspecified atom stereocenters. The first kappa shape index (κ1) is 14.0. The third-order valence-electron chi connectivity index (χ3n) is 3.89. The van der Waals surface area contributed by atoms with Crippen LogP contribution in [-0.2, 0) is 0 Å². The van der Waals surface area contributed by atoms with Gasteiger partial charge >= 0.3 is 0 Å². The molecule has 3 N–H and O–H groups in total. The van der Waals surface area contributed by atoms with Gasteiger partial charge in [-0.05, 0) is 32.6 Å². The molecule has 1 aromatic rings. The van der Waals surface area contributed by atoms with Gasteiger partial charge in [0, 0.05) is 23.2 Å². The number of rotatable bonds is 4. The second kappa shape index (κ2) is 5.68. The molecule has 18 heavy (non-hydrogen) atoms. The lowest BCUT2D eigenvalue weighted by atomic mass is 9.77. The normalized spacial score (nSPS) is 30.3. The van der Waals surface area contributed by atoms with Crippen molar-refractivity contribution in [3.63, 3.8) is 0 Å². The van der Waals surface area contributed by atoms with Gasteiger partial charge in [0.15, 0.2) is 0 Å². The summed E-state index contributed by atoms with van der Waals surface area (Å²) < 4.78 is 0. The minimum atomic E-state index is -0.0156. The fraction of sp³-hybridized carbons (Fsp3) is 0.786. The van der Waals surface area contributed by atoms with Crippen LogP contribution in [0.15, 0.2) is 5.38 Å². The summed E-state index contributed by atoms with van der Waals surface area (Å²) in [6.07, 6.45) is 4.89. The van der Waals surface area contributed by atoms with Crippen LogP contribution in [0.4, 0.5) is 0 Å². The molecule has 1 aliphatic rings. The van der Waals surface area contributed by atoms with Crippen molar-refractivity contribution in [3.8, 4) is 0 Å². The van der Waals surface area contributed by atoms with Crippen LogP contribution in [-0.4, -0.2) is 17.1 Å². The van der Waals surface area contributed by atoms with Crippen molar-refractivity contribution in [2.45, 2.75) is 58.0 Å². The number of nitrogens with two attached hydrogens (primary N) is 1. The van der Waals surface area contributed by atoms with Gasteiger partial charge in [-0.15, -0.1) is 11.3 Å². The highest BCUT2D eigenvalue weighted by atomic mass is 32.1. The van der Waals surface area contributed by atoms with Crippen molar-refractivity contribution in [3.05, 3.63) is 16.1 Å². The third kappa shape index (κ3) is 3.53. The molecule has 0 bridgehead atoms. The molecular weight excluding hydrogens is 242 g/mol. The standard InChI is InChI=1S/C14H25N3S/c1-10-5-4-6-14(15,7-10)9-16-12(3)13-17-11(2)8-18-13/h8,10,12,16H,4-7,9,15H2,1-3H3. The Bertz CT molecular complexity index is 390. The lowest BCUT2D eigenvalue weighted by Crippen LogP contribution is -2.51. The molecule has 0 radical (unpaired) electrons. The Morgan fingerprint density at radius 1 is 1.67 bits per heavy atom. The topological polar surface area (TPSA) is 50.9 Å². The minimum Gasteiger partial charge on any atom is -0.324 e. The number of hydrogen-bond acceptors (Lipinski definition) is 4. The Balaban J connectivity index is 1.87. The van der Waals surface area contributed by atoms with Crippen molar-refractivity contribution in [2.24, 2.45) is 11.7 Å². The Labute approximate surface area is 114 Å². The summed E-state index contributed by atoms with van der Waals surface area (Å²) in [5.74, 6) is 0.767. The van der Waals surface area contributed by atoms with Crippen LogP contribution in [0.25, 0.3) is 0 Å². The van der Waals surface area contributed by atoms with E-state index in [4.69, 9.17) is 5.73 Å². The van der Waals surface area contributed by atoms with E-state index in [1.807, 2.05) is 6.92 Å². The van der Waals surface area contributed by atoms with E-state index in [1.165, 1.54) is 17.8 Å². The molecule has 102 valence electrons. The second-order valence-electron chi connectivity index (χ2n) is 5.99. The quantitative estimate of drug-likeness (QED) is 0.881. The summed E-state index contributed by atoms with van der Waals surface area (Å²) in [6, 6.07) is 0.307. The molecule has 3 atom stereocenters. The predicted molar refractivity (Wildman–Crippen MR) is 77.8 cm³/mol. The fourth-order valence-electron chi connectivity index (χ4n) is 2.88. The molecule has 4 heteroatoms. The molecule has 3 nitrogen and oxygen atoms in total. The lowest BCUT2D eigenvalue weighted by Gasteiger charge is -2.37. The Morgan fingerprint density at radius 2 is 2.44 bits per heavy atom. The molecule has 0 aliphatic heterocycles. The summed E-state index contributed by atoms with van der Waals surface area (Å²) in [7, 11) is 0. The summed E-state index contributed by atoms with van der Waals surface area (Å²) in [5, 5.41) is 6.84. The van der Waals surface area contributed by atoms with E-state index in [2.05, 4.69) is 29.5 Å². The smallest absolute Gasteiger partial charge is 0.110 e. The summed E-state index contributed by atoms with van der Waals surface area (Å²) in [6.45, 7) is 7.43. The van der Waals surface area contributed by atoms with Gasteiger partial charge in [-0.1, -0.05) is 19.8 Å². The fourth-order valence-corrected chi connectivity index (χ4v) is 3.70. The van der Waals surface area contributed by atoms with E-state index in [0.717, 1.165) is 31.0 Å². The van der Waals surface area contributed by atoms with Crippen LogP contribution >= 0.6 is 11.3 Å². The highest BCUT2D eigenvalue weighted by Crippen LogP contribution is 2.30. The summed E-state index contributed by atoms with van der Waals surface area (Å²) >= 11 is 1.73. The molecule has 0 spiro atoms. The van der Waals surface area contributed by atoms with Gasteiger partial charge < -0.3 is 11.1 Å². The van der Waals surface area contributed by atoms with E-state index < -0.39 is 0 Å². The molecule has 0 aromatic carbocycles. The van der Waals surface area contributed by atoms with E-state index in [1.54, 1.807) is 11.3 Å². The first-order chi connectivity index (χ1) is 8.48. The van der Waals surface area contributed by atoms with Gasteiger partial charge in [0.25, 0.3) is 0 Å². The van der Waals surface area contributed by atoms with Crippen LogP contribution in [0, 0.1) is 12.8 Å². The molecule has 1 heterocycles. The molecule has 2 rings (SSSR count). The number of nitrogens with one attached hydrogen (secondary N) is 1. The van der Waals surface area contributed by atoms with Gasteiger partial charge in [-0.2, -0.15) is 0 Å². The van der Waals surface area contributed by atoms with Crippen molar-refractivity contribution in [2.75, 3.05) is 6.54 Å². The zero-order chi connectivity index (χ0) is 13.2. The summed E-state index contributed by atoms with van der Waals surface area (Å²) in [5.41, 5.74) is 7.59. The predicted octanol–water partition coefficient (Wildman–Crippen LogP) is 3.01. The first-order valence-corrected chi connectivity index (χ1v) is 7.81. The average Bonchev–Trinajstić information content (AvgIpc) is 2.73. The maximum absolute atomic E-state index is 6.50. The molecule has 1 fully saturated rings. The Kier molecular flexibility index (Phi) is 4.41. The van der Waals surface area contributed by atoms with Crippen LogP contribution in [0.1, 0.15) is 56.3 Å². The highest BCUT2D eigenvalue weighted by Gasteiger charge is 2.31. The number of aromatic nitrogens is 1. The molecule has 0 saturated heterocycles. The largest absolute Gasteiger partial charge is 0.324 e. The van der Waals surface area contributed by atoms with E-state index in [-0.39, 0.29) is 5.54 Å². The van der Waals surface area contributed by atoms with Gasteiger partial charge in [0.1, 0.15) is 5.01 Å². The monoisotopic (exact) mass is 267 g/mol. The SMILES string of the molecule is Cc1csc(C(C)NCC2(N)CCCC(C)C2)n1. The van der Waals surface area contributed by atoms with E-state index >= 15 is 0 Å². The maximum atomic E-state index is 6.50. The van der Waals surface area contributed by atoms with E-state index in [9.17, 15) is 0 Å². The number of nitrogens with zero attached hydrogens (tertiary/aromatic N) is 1. The van der Waals surface area contributed by atoms with Crippen molar-refractivity contribution in [1.29, 1.82) is 0 Å². The summed E-state index contributed by atoms with van der Waals surface area (Å²) in [4.78, 5) is 4.53. The lowest BCUT2D eigenvalue weighted by molar-refractivity contribution is 0.224. The van der Waals surface area contributed by atoms with Gasteiger partial charge in [0.05, 0.1) is 6.04 Å². The number of thiazole rings is 1. The van der Waals surface area contributed by atoms with Crippen molar-refractivity contribution >= 4 is 11.3 Å². The average molecular weight is 267 g/mol. The van der Waals surface area contributed by atoms with E-state index in [0.29, 0.717) is 6.04 Å². The Morgan fingerprint density at radius 3 is 3.06 bits per heavy atom. The van der Waals surface area contributed by atoms with Gasteiger partial charge in [-0.3, -0.25) is 0 Å². The van der Waals surface area contributed by atoms with Gasteiger partial charge in [-0.25, -0.2) is 4.98 Å². The second-order valence-corrected chi connectivity index (χ2v) is 6.88. The van der Waals surface area contributed by atoms with Crippen molar-refractivity contribution in [1.82, 2.24) is 10.3 Å². The van der Waals surface area contributed by atoms with Crippen LogP contribution in [0.5, 0.6) is 0 Å². The first-order valence-electron chi connectivity index (χ1n) is 6.93. The third-order valence-corrected chi connectivity index (χ3v) is 5.04. The zero-order valence-corrected chi connectivity index (χ0v) is 12.5. The minimum absolute atomic E-state index is 0.0156. The molecule has 1 aromatic heterocycles.